The standard InChI is InChI=1S/C27H30N2O4S/c1-27(2,3)21-9-7-19(8-10-21)26(30)28-22-11-16-25-20(18-22)6-5-17-29(25)34(31,32)24-14-12-23(33-4)13-15-24/h7-16,18H,5-6,17H2,1-4H3,(H,28,30). The first-order valence-electron chi connectivity index (χ1n) is 11.3. The molecule has 1 N–H and O–H groups in total. The first kappa shape index (κ1) is 23.8. The Morgan fingerprint density at radius 3 is 2.26 bits per heavy atom. The van der Waals surface area contributed by atoms with E-state index in [1.807, 2.05) is 30.3 Å². The second kappa shape index (κ2) is 9.14. The number of hydrogen-bond donors (Lipinski definition) is 1. The number of carbonyl (C=O) groups is 1. The summed E-state index contributed by atoms with van der Waals surface area (Å²) in [5.41, 5.74) is 3.95. The molecule has 0 unspecified atom stereocenters. The van der Waals surface area contributed by atoms with Gasteiger partial charge in [0.05, 0.1) is 17.7 Å². The molecule has 0 saturated heterocycles. The van der Waals surface area contributed by atoms with E-state index in [9.17, 15) is 13.2 Å². The molecule has 1 aliphatic rings. The number of ether oxygens (including phenoxy) is 1. The van der Waals surface area contributed by atoms with E-state index in [1.165, 1.54) is 4.31 Å². The molecule has 0 bridgehead atoms. The molecule has 4 rings (SSSR count). The SMILES string of the molecule is COc1ccc(S(=O)(=O)N2CCCc3cc(NC(=O)c4ccc(C(C)(C)C)cc4)ccc32)cc1. The molecule has 0 aromatic heterocycles. The zero-order chi connectivity index (χ0) is 24.5. The first-order valence-corrected chi connectivity index (χ1v) is 12.8. The summed E-state index contributed by atoms with van der Waals surface area (Å²) in [6, 6.07) is 19.4. The third-order valence-electron chi connectivity index (χ3n) is 6.07. The van der Waals surface area contributed by atoms with Crippen LogP contribution in [0.1, 0.15) is 48.7 Å². The molecule has 1 aliphatic heterocycles. The fourth-order valence-corrected chi connectivity index (χ4v) is 5.63. The molecule has 6 nitrogen and oxygen atoms in total. The number of fused-ring (bicyclic) bond motifs is 1. The average Bonchev–Trinajstić information content (AvgIpc) is 2.83. The van der Waals surface area contributed by atoms with Crippen molar-refractivity contribution in [3.8, 4) is 5.75 Å². The van der Waals surface area contributed by atoms with Gasteiger partial charge in [-0.1, -0.05) is 32.9 Å². The maximum Gasteiger partial charge on any atom is 0.264 e. The van der Waals surface area contributed by atoms with Crippen LogP contribution >= 0.6 is 0 Å². The minimum Gasteiger partial charge on any atom is -0.497 e. The molecule has 0 spiro atoms. The molecule has 3 aromatic rings. The van der Waals surface area contributed by atoms with Crippen LogP contribution < -0.4 is 14.4 Å². The summed E-state index contributed by atoms with van der Waals surface area (Å²) in [4.78, 5) is 13.0. The predicted octanol–water partition coefficient (Wildman–Crippen LogP) is 5.39. The lowest BCUT2D eigenvalue weighted by Crippen LogP contribution is -2.35. The van der Waals surface area contributed by atoms with Gasteiger partial charge in [0.1, 0.15) is 5.75 Å². The van der Waals surface area contributed by atoms with Crippen LogP contribution in [0.3, 0.4) is 0 Å². The highest BCUT2D eigenvalue weighted by Gasteiger charge is 2.29. The largest absolute Gasteiger partial charge is 0.497 e. The van der Waals surface area contributed by atoms with Crippen molar-refractivity contribution in [3.05, 3.63) is 83.4 Å². The van der Waals surface area contributed by atoms with Gasteiger partial charge in [-0.25, -0.2) is 8.42 Å². The fraction of sp³-hybridized carbons (Fsp3) is 0.296. The lowest BCUT2D eigenvalue weighted by molar-refractivity contribution is 0.102. The van der Waals surface area contributed by atoms with Crippen LogP contribution in [-0.2, 0) is 21.9 Å². The van der Waals surface area contributed by atoms with Crippen LogP contribution in [0.15, 0.2) is 71.6 Å². The fourth-order valence-electron chi connectivity index (χ4n) is 4.09. The number of amides is 1. The summed E-state index contributed by atoms with van der Waals surface area (Å²) in [5.74, 6) is 0.408. The number of sulfonamides is 1. The van der Waals surface area contributed by atoms with Crippen LogP contribution in [0.4, 0.5) is 11.4 Å². The van der Waals surface area contributed by atoms with Crippen LogP contribution in [0.25, 0.3) is 0 Å². The predicted molar refractivity (Wildman–Crippen MR) is 135 cm³/mol. The van der Waals surface area contributed by atoms with E-state index in [0.717, 1.165) is 17.5 Å². The molecule has 1 heterocycles. The van der Waals surface area contributed by atoms with Gasteiger partial charge in [0.2, 0.25) is 0 Å². The Morgan fingerprint density at radius 1 is 0.971 bits per heavy atom. The maximum atomic E-state index is 13.3. The van der Waals surface area contributed by atoms with Gasteiger partial charge in [-0.2, -0.15) is 0 Å². The summed E-state index contributed by atoms with van der Waals surface area (Å²) in [7, 11) is -2.16. The molecule has 0 radical (unpaired) electrons. The highest BCUT2D eigenvalue weighted by Crippen LogP contribution is 2.34. The van der Waals surface area contributed by atoms with Gasteiger partial charge in [-0.15, -0.1) is 0 Å². The maximum absolute atomic E-state index is 13.3. The summed E-state index contributed by atoms with van der Waals surface area (Å²) in [6.45, 7) is 6.81. The van der Waals surface area contributed by atoms with Gasteiger partial charge >= 0.3 is 0 Å². The Hall–Kier alpha value is -3.32. The number of benzene rings is 3. The zero-order valence-corrected chi connectivity index (χ0v) is 20.8. The Morgan fingerprint density at radius 2 is 1.65 bits per heavy atom. The van der Waals surface area contributed by atoms with Gasteiger partial charge in [0.25, 0.3) is 15.9 Å². The Bertz CT molecular complexity index is 1290. The van der Waals surface area contributed by atoms with Crippen molar-refractivity contribution in [3.63, 3.8) is 0 Å². The molecule has 178 valence electrons. The van der Waals surface area contributed by atoms with Gasteiger partial charge in [0, 0.05) is 17.8 Å². The van der Waals surface area contributed by atoms with Crippen molar-refractivity contribution < 1.29 is 17.9 Å². The summed E-state index contributed by atoms with van der Waals surface area (Å²) >= 11 is 0. The minimum atomic E-state index is -3.71. The van der Waals surface area contributed by atoms with Crippen LogP contribution in [0, 0.1) is 0 Å². The number of nitrogens with zero attached hydrogens (tertiary/aromatic N) is 1. The summed E-state index contributed by atoms with van der Waals surface area (Å²) < 4.78 is 33.2. The second-order valence-electron chi connectivity index (χ2n) is 9.48. The van der Waals surface area contributed by atoms with E-state index in [1.54, 1.807) is 43.5 Å². The number of hydrogen-bond acceptors (Lipinski definition) is 4. The second-order valence-corrected chi connectivity index (χ2v) is 11.3. The highest BCUT2D eigenvalue weighted by molar-refractivity contribution is 7.92. The van der Waals surface area contributed by atoms with Gasteiger partial charge in [0.15, 0.2) is 0 Å². The van der Waals surface area contributed by atoms with Gasteiger partial charge < -0.3 is 10.1 Å². The topological polar surface area (TPSA) is 75.7 Å². The summed E-state index contributed by atoms with van der Waals surface area (Å²) in [6.07, 6.45) is 1.45. The van der Waals surface area contributed by atoms with Crippen LogP contribution in [-0.4, -0.2) is 28.0 Å². The third kappa shape index (κ3) is 4.80. The molecule has 0 atom stereocenters. The van der Waals surface area contributed by atoms with Crippen molar-refractivity contribution >= 4 is 27.3 Å². The molecule has 7 heteroatoms. The van der Waals surface area contributed by atoms with Crippen molar-refractivity contribution in [2.75, 3.05) is 23.3 Å². The van der Waals surface area contributed by atoms with E-state index < -0.39 is 10.0 Å². The lowest BCUT2D eigenvalue weighted by Gasteiger charge is -2.31. The monoisotopic (exact) mass is 478 g/mol. The number of methoxy groups -OCH3 is 1. The molecular formula is C27H30N2O4S. The molecule has 0 aliphatic carbocycles. The minimum absolute atomic E-state index is 0.0194. The molecule has 0 saturated carbocycles. The van der Waals surface area contributed by atoms with E-state index in [2.05, 4.69) is 26.1 Å². The Balaban J connectivity index is 1.55. The first-order chi connectivity index (χ1) is 16.1. The van der Waals surface area contributed by atoms with Crippen LogP contribution in [0.5, 0.6) is 5.75 Å². The van der Waals surface area contributed by atoms with Gasteiger partial charge in [-0.3, -0.25) is 9.10 Å². The molecule has 0 fully saturated rings. The van der Waals surface area contributed by atoms with E-state index in [-0.39, 0.29) is 16.2 Å². The number of carbonyl (C=O) groups excluding carboxylic acids is 1. The van der Waals surface area contributed by atoms with Crippen molar-refractivity contribution in [2.24, 2.45) is 0 Å². The molecular weight excluding hydrogens is 448 g/mol. The molecule has 1 amide bonds. The average molecular weight is 479 g/mol. The van der Waals surface area contributed by atoms with Crippen molar-refractivity contribution in [1.29, 1.82) is 0 Å². The highest BCUT2D eigenvalue weighted by atomic mass is 32.2. The molecule has 3 aromatic carbocycles. The van der Waals surface area contributed by atoms with Crippen molar-refractivity contribution in [2.45, 2.75) is 43.9 Å². The smallest absolute Gasteiger partial charge is 0.264 e. The number of rotatable bonds is 5. The zero-order valence-electron chi connectivity index (χ0n) is 20.0. The normalized spacial score (nSPS) is 13.8. The van der Waals surface area contributed by atoms with E-state index in [0.29, 0.717) is 35.7 Å². The van der Waals surface area contributed by atoms with Crippen molar-refractivity contribution in [1.82, 2.24) is 0 Å². The van der Waals surface area contributed by atoms with Crippen LogP contribution in [0.2, 0.25) is 0 Å². The van der Waals surface area contributed by atoms with E-state index >= 15 is 0 Å². The third-order valence-corrected chi connectivity index (χ3v) is 7.90. The summed E-state index contributed by atoms with van der Waals surface area (Å²) in [5, 5.41) is 2.94. The molecule has 34 heavy (non-hydrogen) atoms. The lowest BCUT2D eigenvalue weighted by atomic mass is 9.87. The quantitative estimate of drug-likeness (QED) is 0.534. The number of anilines is 2. The number of aryl methyl sites for hydroxylation is 1. The number of nitrogens with one attached hydrogen (secondary N) is 1. The van der Waals surface area contributed by atoms with E-state index in [4.69, 9.17) is 4.74 Å². The Kier molecular flexibility index (Phi) is 6.41. The van der Waals surface area contributed by atoms with Gasteiger partial charge in [-0.05, 0) is 84.0 Å². The Labute approximate surface area is 201 Å².